The maximum atomic E-state index is 5.58. The van der Waals surface area contributed by atoms with E-state index in [4.69, 9.17) is 10.9 Å². The summed E-state index contributed by atoms with van der Waals surface area (Å²) >= 11 is 1.14. The van der Waals surface area contributed by atoms with Crippen LogP contribution in [0.15, 0.2) is 11.2 Å². The Morgan fingerprint density at radius 2 is 2.33 bits per heavy atom. The number of nitrogens with one attached hydrogen (secondary N) is 1. The van der Waals surface area contributed by atoms with Crippen LogP contribution in [0.1, 0.15) is 5.56 Å². The average molecular weight is 143 g/mol. The van der Waals surface area contributed by atoms with E-state index >= 15 is 0 Å². The SMILES string of the molecule is Cc1c[nH]c(SN)c1N. The van der Waals surface area contributed by atoms with Crippen LogP contribution in [0.3, 0.4) is 0 Å². The Kier molecular flexibility index (Phi) is 1.68. The molecule has 0 saturated heterocycles. The van der Waals surface area contributed by atoms with Crippen LogP contribution >= 0.6 is 11.9 Å². The van der Waals surface area contributed by atoms with Crippen molar-refractivity contribution in [1.82, 2.24) is 4.98 Å². The molecule has 0 aliphatic carbocycles. The molecule has 0 amide bonds. The maximum Gasteiger partial charge on any atom is 0.111 e. The van der Waals surface area contributed by atoms with Crippen LogP contribution in [0, 0.1) is 6.92 Å². The van der Waals surface area contributed by atoms with Gasteiger partial charge in [-0.2, -0.15) is 0 Å². The number of aromatic nitrogens is 1. The molecule has 0 bridgehead atoms. The smallest absolute Gasteiger partial charge is 0.111 e. The third kappa shape index (κ3) is 1.04. The van der Waals surface area contributed by atoms with Gasteiger partial charge in [0.25, 0.3) is 0 Å². The lowest BCUT2D eigenvalue weighted by Crippen LogP contribution is -1.88. The number of aromatic amines is 1. The van der Waals surface area contributed by atoms with Crippen LogP contribution in [0.5, 0.6) is 0 Å². The van der Waals surface area contributed by atoms with Crippen molar-refractivity contribution < 1.29 is 0 Å². The number of rotatable bonds is 1. The zero-order valence-corrected chi connectivity index (χ0v) is 5.96. The molecule has 50 valence electrons. The molecule has 0 aromatic carbocycles. The van der Waals surface area contributed by atoms with Crippen molar-refractivity contribution in [1.29, 1.82) is 0 Å². The van der Waals surface area contributed by atoms with E-state index in [0.29, 0.717) is 0 Å². The van der Waals surface area contributed by atoms with E-state index in [1.807, 2.05) is 13.1 Å². The highest BCUT2D eigenvalue weighted by Gasteiger charge is 2.00. The zero-order valence-electron chi connectivity index (χ0n) is 5.14. The Balaban J connectivity index is 3.04. The monoisotopic (exact) mass is 143 g/mol. The first-order valence-electron chi connectivity index (χ1n) is 2.56. The predicted octanol–water partition coefficient (Wildman–Crippen LogP) is 0.871. The van der Waals surface area contributed by atoms with Crippen molar-refractivity contribution in [2.45, 2.75) is 11.9 Å². The lowest BCUT2D eigenvalue weighted by molar-refractivity contribution is 1.21. The molecule has 1 heterocycles. The van der Waals surface area contributed by atoms with Gasteiger partial charge in [-0.3, -0.25) is 5.14 Å². The van der Waals surface area contributed by atoms with Gasteiger partial charge < -0.3 is 10.7 Å². The van der Waals surface area contributed by atoms with Crippen LogP contribution in [-0.4, -0.2) is 4.98 Å². The van der Waals surface area contributed by atoms with Gasteiger partial charge in [0.2, 0.25) is 0 Å². The fourth-order valence-corrected chi connectivity index (χ4v) is 1.02. The second-order valence-electron chi connectivity index (χ2n) is 1.83. The number of anilines is 1. The number of nitrogen functional groups attached to an aromatic ring is 1. The normalized spacial score (nSPS) is 10.0. The first kappa shape index (κ1) is 6.51. The van der Waals surface area contributed by atoms with Crippen LogP contribution < -0.4 is 10.9 Å². The van der Waals surface area contributed by atoms with Gasteiger partial charge in [0, 0.05) is 6.20 Å². The van der Waals surface area contributed by atoms with E-state index in [-0.39, 0.29) is 0 Å². The van der Waals surface area contributed by atoms with E-state index in [0.717, 1.165) is 28.2 Å². The fraction of sp³-hybridized carbons (Fsp3) is 0.200. The summed E-state index contributed by atoms with van der Waals surface area (Å²) in [7, 11) is 0. The van der Waals surface area contributed by atoms with E-state index in [1.165, 1.54) is 0 Å². The van der Waals surface area contributed by atoms with Crippen LogP contribution in [-0.2, 0) is 0 Å². The third-order valence-corrected chi connectivity index (χ3v) is 1.78. The minimum Gasteiger partial charge on any atom is -0.396 e. The van der Waals surface area contributed by atoms with Crippen LogP contribution in [0.4, 0.5) is 5.69 Å². The van der Waals surface area contributed by atoms with E-state index in [2.05, 4.69) is 4.98 Å². The fourth-order valence-electron chi connectivity index (χ4n) is 0.606. The van der Waals surface area contributed by atoms with E-state index in [9.17, 15) is 0 Å². The molecule has 0 unspecified atom stereocenters. The van der Waals surface area contributed by atoms with Gasteiger partial charge in [0.15, 0.2) is 0 Å². The summed E-state index contributed by atoms with van der Waals surface area (Å²) in [5.41, 5.74) is 7.38. The Labute approximate surface area is 57.9 Å². The highest BCUT2D eigenvalue weighted by atomic mass is 32.2. The van der Waals surface area contributed by atoms with Crippen molar-refractivity contribution in [3.63, 3.8) is 0 Å². The predicted molar refractivity (Wildman–Crippen MR) is 40.0 cm³/mol. The summed E-state index contributed by atoms with van der Waals surface area (Å²) in [4.78, 5) is 2.94. The third-order valence-electron chi connectivity index (χ3n) is 1.21. The van der Waals surface area contributed by atoms with Crippen molar-refractivity contribution in [2.75, 3.05) is 5.73 Å². The van der Waals surface area contributed by atoms with Gasteiger partial charge >= 0.3 is 0 Å². The summed E-state index contributed by atoms with van der Waals surface area (Å²) in [6.45, 7) is 1.94. The van der Waals surface area contributed by atoms with Gasteiger partial charge in [0.1, 0.15) is 5.03 Å². The van der Waals surface area contributed by atoms with Gasteiger partial charge in [-0.15, -0.1) is 0 Å². The lowest BCUT2D eigenvalue weighted by atomic mass is 10.3. The quantitative estimate of drug-likeness (QED) is 0.511. The zero-order chi connectivity index (χ0) is 6.85. The molecule has 0 fully saturated rings. The summed E-state index contributed by atoms with van der Waals surface area (Å²) in [5.74, 6) is 0. The highest BCUT2D eigenvalue weighted by Crippen LogP contribution is 2.21. The first-order chi connectivity index (χ1) is 4.25. The molecule has 1 aromatic heterocycles. The molecule has 1 rings (SSSR count). The van der Waals surface area contributed by atoms with Gasteiger partial charge in [-0.1, -0.05) is 0 Å². The van der Waals surface area contributed by atoms with Crippen molar-refractivity contribution >= 4 is 17.6 Å². The Morgan fingerprint density at radius 1 is 1.67 bits per heavy atom. The van der Waals surface area contributed by atoms with Gasteiger partial charge in [-0.05, 0) is 24.4 Å². The summed E-state index contributed by atoms with van der Waals surface area (Å²) in [6, 6.07) is 0. The van der Waals surface area contributed by atoms with E-state index in [1.54, 1.807) is 0 Å². The molecule has 0 radical (unpaired) electrons. The number of nitrogens with two attached hydrogens (primary N) is 2. The molecule has 4 heteroatoms. The Bertz CT molecular complexity index is 206. The maximum absolute atomic E-state index is 5.58. The standard InChI is InChI=1S/C5H9N3S/c1-3-2-8-5(9-7)4(3)6/h2,8H,6-7H2,1H3. The number of aryl methyl sites for hydroxylation is 1. The van der Waals surface area contributed by atoms with Gasteiger partial charge in [0.05, 0.1) is 5.69 Å². The first-order valence-corrected chi connectivity index (χ1v) is 3.44. The van der Waals surface area contributed by atoms with E-state index < -0.39 is 0 Å². The van der Waals surface area contributed by atoms with Crippen molar-refractivity contribution in [2.24, 2.45) is 5.14 Å². The second kappa shape index (κ2) is 2.33. The molecular formula is C5H9N3S. The second-order valence-corrected chi connectivity index (χ2v) is 2.48. The molecule has 0 aliphatic heterocycles. The minimum absolute atomic E-state index is 0.752. The molecule has 1 aromatic rings. The molecule has 0 saturated carbocycles. The Morgan fingerprint density at radius 3 is 2.56 bits per heavy atom. The number of hydrogen-bond acceptors (Lipinski definition) is 3. The summed E-state index contributed by atoms with van der Waals surface area (Å²) in [6.07, 6.45) is 1.84. The lowest BCUT2D eigenvalue weighted by Gasteiger charge is -1.91. The summed E-state index contributed by atoms with van der Waals surface area (Å²) < 4.78 is 0. The molecule has 0 aliphatic rings. The molecule has 5 N–H and O–H groups in total. The van der Waals surface area contributed by atoms with Crippen molar-refractivity contribution in [3.05, 3.63) is 11.8 Å². The van der Waals surface area contributed by atoms with Gasteiger partial charge in [-0.25, -0.2) is 0 Å². The van der Waals surface area contributed by atoms with Crippen molar-refractivity contribution in [3.8, 4) is 0 Å². The topological polar surface area (TPSA) is 67.8 Å². The van der Waals surface area contributed by atoms with Crippen LogP contribution in [0.25, 0.3) is 0 Å². The highest BCUT2D eigenvalue weighted by molar-refractivity contribution is 7.97. The minimum atomic E-state index is 0.752. The molecule has 3 nitrogen and oxygen atoms in total. The Hall–Kier alpha value is -0.610. The number of H-pyrrole nitrogens is 1. The van der Waals surface area contributed by atoms with Crippen LogP contribution in [0.2, 0.25) is 0 Å². The molecule has 0 atom stereocenters. The molecular weight excluding hydrogens is 134 g/mol. The average Bonchev–Trinajstić information content (AvgIpc) is 2.15. The molecule has 0 spiro atoms. The summed E-state index contributed by atoms with van der Waals surface area (Å²) in [5, 5.41) is 6.11. The molecule has 9 heavy (non-hydrogen) atoms. The largest absolute Gasteiger partial charge is 0.396 e. The number of hydrogen-bond donors (Lipinski definition) is 3.